The average molecular weight is 623 g/mol. The zero-order valence-corrected chi connectivity index (χ0v) is 24.8. The van der Waals surface area contributed by atoms with Crippen LogP contribution in [0, 0.1) is 0 Å². The second kappa shape index (κ2) is 12.2. The van der Waals surface area contributed by atoms with Crippen LogP contribution in [0.5, 0.6) is 0 Å². The van der Waals surface area contributed by atoms with Gasteiger partial charge >= 0.3 is 0 Å². The van der Waals surface area contributed by atoms with E-state index in [2.05, 4.69) is 9.97 Å². The molecule has 6 rings (SSSR count). The normalized spacial score (nSPS) is 12.7. The first-order valence-corrected chi connectivity index (χ1v) is 16.5. The van der Waals surface area contributed by atoms with Crippen LogP contribution in [-0.2, 0) is 33.1 Å². The topological polar surface area (TPSA) is 137 Å². The summed E-state index contributed by atoms with van der Waals surface area (Å²) in [4.78, 5) is 8.38. The summed E-state index contributed by atoms with van der Waals surface area (Å²) in [6.07, 6.45) is 13.4. The molecular formula is C29H30N6O6S2. The Hall–Kier alpha value is -4.24. The third-order valence-electron chi connectivity index (χ3n) is 7.27. The van der Waals surface area contributed by atoms with Crippen LogP contribution >= 0.6 is 0 Å². The second-order valence-electron chi connectivity index (χ2n) is 10.0. The number of imidazole rings is 2. The van der Waals surface area contributed by atoms with E-state index in [1.165, 1.54) is 33.3 Å². The van der Waals surface area contributed by atoms with Crippen LogP contribution in [0.3, 0.4) is 0 Å². The van der Waals surface area contributed by atoms with Crippen molar-refractivity contribution in [3.63, 3.8) is 0 Å². The average Bonchev–Trinajstić information content (AvgIpc) is 3.83. The highest BCUT2D eigenvalue weighted by Gasteiger charge is 2.28. The van der Waals surface area contributed by atoms with Gasteiger partial charge in [0.15, 0.2) is 0 Å². The van der Waals surface area contributed by atoms with E-state index in [0.29, 0.717) is 35.0 Å². The van der Waals surface area contributed by atoms with Crippen LogP contribution in [0.4, 0.5) is 0 Å². The molecule has 0 saturated heterocycles. The van der Waals surface area contributed by atoms with Gasteiger partial charge in [0.25, 0.3) is 0 Å². The number of sulfonamides is 2. The van der Waals surface area contributed by atoms with Crippen molar-refractivity contribution >= 4 is 42.0 Å². The van der Waals surface area contributed by atoms with Crippen molar-refractivity contribution in [3.8, 4) is 0 Å². The summed E-state index contributed by atoms with van der Waals surface area (Å²) in [5, 5.41) is 1.36. The van der Waals surface area contributed by atoms with Crippen molar-refractivity contribution in [2.24, 2.45) is 0 Å². The third-order valence-corrected chi connectivity index (χ3v) is 11.1. The highest BCUT2D eigenvalue weighted by atomic mass is 32.2. The van der Waals surface area contributed by atoms with Crippen LogP contribution in [-0.4, -0.2) is 70.7 Å². The van der Waals surface area contributed by atoms with E-state index >= 15 is 0 Å². The Kier molecular flexibility index (Phi) is 8.17. The smallest absolute Gasteiger partial charge is 0.243 e. The van der Waals surface area contributed by atoms with E-state index in [0.717, 1.165) is 0 Å². The van der Waals surface area contributed by atoms with Crippen molar-refractivity contribution in [1.82, 2.24) is 27.7 Å². The van der Waals surface area contributed by atoms with Gasteiger partial charge < -0.3 is 18.0 Å². The molecule has 224 valence electrons. The first-order chi connectivity index (χ1) is 20.8. The van der Waals surface area contributed by atoms with E-state index in [-0.39, 0.29) is 42.4 Å². The molecule has 0 unspecified atom stereocenters. The number of rotatable bonds is 14. The summed E-state index contributed by atoms with van der Waals surface area (Å²) in [5.41, 5.74) is 1.19. The lowest BCUT2D eigenvalue weighted by Gasteiger charge is -2.26. The summed E-state index contributed by atoms with van der Waals surface area (Å²) < 4.78 is 72.6. The lowest BCUT2D eigenvalue weighted by atomic mass is 10.3. The third kappa shape index (κ3) is 6.27. The predicted molar refractivity (Wildman–Crippen MR) is 159 cm³/mol. The predicted octanol–water partition coefficient (Wildman–Crippen LogP) is 4.04. The molecule has 0 amide bonds. The molecule has 14 heteroatoms. The number of nitrogens with zero attached hydrogens (tertiary/aromatic N) is 6. The van der Waals surface area contributed by atoms with Crippen molar-refractivity contribution < 1.29 is 25.7 Å². The summed E-state index contributed by atoms with van der Waals surface area (Å²) in [5.74, 6) is 0. The van der Waals surface area contributed by atoms with Gasteiger partial charge in [-0.05, 0) is 55.0 Å². The Morgan fingerprint density at radius 1 is 0.628 bits per heavy atom. The van der Waals surface area contributed by atoms with Gasteiger partial charge in [0.2, 0.25) is 20.0 Å². The summed E-state index contributed by atoms with van der Waals surface area (Å²) in [6, 6.07) is 12.9. The number of benzene rings is 2. The van der Waals surface area contributed by atoms with Crippen molar-refractivity contribution in [3.05, 3.63) is 98.5 Å². The van der Waals surface area contributed by atoms with Crippen LogP contribution in [0.25, 0.3) is 21.9 Å². The number of furan rings is 2. The van der Waals surface area contributed by atoms with Gasteiger partial charge in [0.05, 0.1) is 35.0 Å². The molecule has 0 aliphatic heterocycles. The quantitative estimate of drug-likeness (QED) is 0.178. The molecule has 0 N–H and O–H groups in total. The highest BCUT2D eigenvalue weighted by molar-refractivity contribution is 7.89. The molecule has 12 nitrogen and oxygen atoms in total. The molecule has 4 heterocycles. The minimum absolute atomic E-state index is 0.109. The lowest BCUT2D eigenvalue weighted by molar-refractivity contribution is 0.343. The number of fused-ring (bicyclic) bond motifs is 2. The maximum Gasteiger partial charge on any atom is 0.243 e. The summed E-state index contributed by atoms with van der Waals surface area (Å²) in [7, 11) is -7.82. The largest absolute Gasteiger partial charge is 0.464 e. The molecule has 0 aliphatic rings. The molecule has 0 atom stereocenters. The number of aromatic nitrogens is 4. The van der Waals surface area contributed by atoms with Crippen LogP contribution in [0.1, 0.15) is 6.42 Å². The van der Waals surface area contributed by atoms with Crippen molar-refractivity contribution in [2.45, 2.75) is 29.3 Å². The minimum Gasteiger partial charge on any atom is -0.464 e. The highest BCUT2D eigenvalue weighted by Crippen LogP contribution is 2.25. The van der Waals surface area contributed by atoms with Crippen molar-refractivity contribution in [2.75, 3.05) is 26.2 Å². The first-order valence-electron chi connectivity index (χ1n) is 13.7. The zero-order valence-electron chi connectivity index (χ0n) is 23.1. The lowest BCUT2D eigenvalue weighted by Crippen LogP contribution is -2.39. The fourth-order valence-electron chi connectivity index (χ4n) is 4.93. The Labute approximate surface area is 248 Å². The fourth-order valence-corrected chi connectivity index (χ4v) is 7.94. The maximum atomic E-state index is 13.9. The van der Waals surface area contributed by atoms with E-state index in [1.807, 2.05) is 0 Å². The van der Waals surface area contributed by atoms with Gasteiger partial charge in [-0.25, -0.2) is 26.8 Å². The van der Waals surface area contributed by atoms with Crippen molar-refractivity contribution in [1.29, 1.82) is 0 Å². The monoisotopic (exact) mass is 622 g/mol. The first kappa shape index (κ1) is 28.9. The molecule has 0 fully saturated rings. The molecule has 0 bridgehead atoms. The Morgan fingerprint density at radius 2 is 1.09 bits per heavy atom. The minimum atomic E-state index is -3.91. The molecular weight excluding hydrogens is 592 g/mol. The van der Waals surface area contributed by atoms with Gasteiger partial charge in [-0.3, -0.25) is 0 Å². The SMILES string of the molecule is O=S(=O)(c1ccc2occc2c1)N(CCCN(CCn1ccnc1)S(=O)(=O)c1ccc2occc2c1)CCn1ccnc1. The number of hydrogen-bond donors (Lipinski definition) is 0. The summed E-state index contributed by atoms with van der Waals surface area (Å²) >= 11 is 0. The van der Waals surface area contributed by atoms with E-state index in [9.17, 15) is 16.8 Å². The molecule has 2 aromatic carbocycles. The Bertz CT molecular complexity index is 1870. The van der Waals surface area contributed by atoms with E-state index in [1.54, 1.807) is 83.0 Å². The van der Waals surface area contributed by atoms with Gasteiger partial charge in [0, 0.05) is 74.8 Å². The molecule has 4 aromatic heterocycles. The fraction of sp³-hybridized carbons (Fsp3) is 0.241. The standard InChI is InChI=1S/C29H30N6O6S2/c36-42(37,26-2-4-28-24(20-26)6-18-40-28)34(16-14-32-12-8-30-22-32)10-1-11-35(17-15-33-13-9-31-23-33)43(38,39)27-3-5-29-25(21-27)7-19-41-29/h2-9,12-13,18-23H,1,10-11,14-17H2. The Morgan fingerprint density at radius 3 is 1.51 bits per heavy atom. The molecule has 6 aromatic rings. The molecule has 43 heavy (non-hydrogen) atoms. The molecule has 0 radical (unpaired) electrons. The van der Waals surface area contributed by atoms with Gasteiger partial charge in [-0.15, -0.1) is 0 Å². The van der Waals surface area contributed by atoms with Crippen LogP contribution in [0.15, 0.2) is 117 Å². The van der Waals surface area contributed by atoms with Crippen LogP contribution < -0.4 is 0 Å². The van der Waals surface area contributed by atoms with Gasteiger partial charge in [-0.1, -0.05) is 0 Å². The Balaban J connectivity index is 1.23. The van der Waals surface area contributed by atoms with Gasteiger partial charge in [0.1, 0.15) is 11.2 Å². The molecule has 0 spiro atoms. The van der Waals surface area contributed by atoms with Gasteiger partial charge in [-0.2, -0.15) is 8.61 Å². The molecule has 0 saturated carbocycles. The van der Waals surface area contributed by atoms with E-state index in [4.69, 9.17) is 8.83 Å². The maximum absolute atomic E-state index is 13.9. The summed E-state index contributed by atoms with van der Waals surface area (Å²) in [6.45, 7) is 1.36. The number of hydrogen-bond acceptors (Lipinski definition) is 8. The zero-order chi connectivity index (χ0) is 29.9. The van der Waals surface area contributed by atoms with Crippen LogP contribution in [0.2, 0.25) is 0 Å². The second-order valence-corrected chi connectivity index (χ2v) is 13.9. The molecule has 0 aliphatic carbocycles. The van der Waals surface area contributed by atoms with E-state index < -0.39 is 20.0 Å².